The van der Waals surface area contributed by atoms with Crippen LogP contribution in [0.25, 0.3) is 11.5 Å². The second kappa shape index (κ2) is 9.00. The van der Waals surface area contributed by atoms with E-state index in [1.807, 2.05) is 35.9 Å². The number of thiophene rings is 1. The molecule has 0 amide bonds. The van der Waals surface area contributed by atoms with Gasteiger partial charge in [0.05, 0.1) is 12.2 Å². The number of nitrogens with one attached hydrogen (secondary N) is 2. The van der Waals surface area contributed by atoms with E-state index >= 15 is 0 Å². The van der Waals surface area contributed by atoms with Crippen molar-refractivity contribution in [2.24, 2.45) is 0 Å². The van der Waals surface area contributed by atoms with Crippen molar-refractivity contribution in [2.45, 2.75) is 20.1 Å². The number of piperazine rings is 1. The van der Waals surface area contributed by atoms with Crippen molar-refractivity contribution >= 4 is 23.6 Å². The lowest BCUT2D eigenvalue weighted by Gasteiger charge is -2.29. The number of hydrogen-bond acceptors (Lipinski definition) is 5. The largest absolute Gasteiger partial charge is 0.493 e. The molecule has 1 aliphatic heterocycles. The van der Waals surface area contributed by atoms with Crippen LogP contribution in [0.5, 0.6) is 5.75 Å². The first kappa shape index (κ1) is 19.3. The zero-order chi connectivity index (χ0) is 19.3. The van der Waals surface area contributed by atoms with E-state index in [0.717, 1.165) is 50.7 Å². The number of rotatable bonds is 7. The van der Waals surface area contributed by atoms with Gasteiger partial charge in [0.2, 0.25) is 0 Å². The predicted molar refractivity (Wildman–Crippen MR) is 111 cm³/mol. The second-order valence-electron chi connectivity index (χ2n) is 7.07. The molecule has 6 nitrogen and oxygen atoms in total. The Balaban J connectivity index is 1.39. The Morgan fingerprint density at radius 3 is 2.71 bits per heavy atom. The number of quaternary nitrogens is 2. The van der Waals surface area contributed by atoms with E-state index in [2.05, 4.69) is 21.9 Å². The first-order valence-electron chi connectivity index (χ1n) is 9.71. The topological polar surface area (TPSA) is 49.1 Å². The molecule has 0 radical (unpaired) electrons. The minimum atomic E-state index is 0.418. The highest BCUT2D eigenvalue weighted by Crippen LogP contribution is 2.28. The highest BCUT2D eigenvalue weighted by atomic mass is 32.1. The summed E-state index contributed by atoms with van der Waals surface area (Å²) in [5.41, 5.74) is 2.29. The first-order chi connectivity index (χ1) is 13.7. The summed E-state index contributed by atoms with van der Waals surface area (Å²) in [4.78, 5) is 3.56. The van der Waals surface area contributed by atoms with Crippen LogP contribution in [-0.4, -0.2) is 42.6 Å². The molecule has 0 unspecified atom stereocenters. The van der Waals surface area contributed by atoms with Crippen molar-refractivity contribution in [3.63, 3.8) is 0 Å². The number of hydrogen-bond donors (Lipinski definition) is 2. The molecule has 148 valence electrons. The van der Waals surface area contributed by atoms with E-state index in [0.29, 0.717) is 17.3 Å². The molecule has 3 heterocycles. The Morgan fingerprint density at radius 1 is 1.18 bits per heavy atom. The maximum atomic E-state index is 5.79. The molecule has 1 saturated heterocycles. The van der Waals surface area contributed by atoms with Crippen LogP contribution in [-0.2, 0) is 13.2 Å². The smallest absolute Gasteiger partial charge is 0.292 e. The number of ether oxygens (including phenoxy) is 1. The van der Waals surface area contributed by atoms with Crippen molar-refractivity contribution < 1.29 is 19.0 Å². The van der Waals surface area contributed by atoms with Crippen molar-refractivity contribution in [3.05, 3.63) is 51.5 Å². The van der Waals surface area contributed by atoms with Gasteiger partial charge in [-0.1, -0.05) is 12.1 Å². The van der Waals surface area contributed by atoms with Crippen LogP contribution in [0, 0.1) is 4.84 Å². The summed E-state index contributed by atoms with van der Waals surface area (Å²) < 4.78 is 13.3. The summed E-state index contributed by atoms with van der Waals surface area (Å²) in [5, 5.41) is 9.05. The highest BCUT2D eigenvalue weighted by Gasteiger charge is 2.24. The summed E-state index contributed by atoms with van der Waals surface area (Å²) in [6.45, 7) is 8.98. The molecule has 2 N–H and O–H groups in total. The maximum absolute atomic E-state index is 5.79. The fourth-order valence-electron chi connectivity index (χ4n) is 3.63. The molecule has 8 heteroatoms. The molecular weight excluding hydrogens is 392 g/mol. The SMILES string of the molecule is CCOc1ccccc1-c1nn(C[NH+]2CC[NH+](Cc3ccsc3)CC2)c(=S)o1. The quantitative estimate of drug-likeness (QED) is 0.568. The van der Waals surface area contributed by atoms with Crippen molar-refractivity contribution in [3.8, 4) is 17.2 Å². The fourth-order valence-corrected chi connectivity index (χ4v) is 4.48. The van der Waals surface area contributed by atoms with Gasteiger partial charge in [-0.2, -0.15) is 16.0 Å². The average Bonchev–Trinajstić information content (AvgIpc) is 3.34. The van der Waals surface area contributed by atoms with Crippen molar-refractivity contribution in [1.82, 2.24) is 9.78 Å². The number of benzene rings is 1. The zero-order valence-corrected chi connectivity index (χ0v) is 17.7. The lowest BCUT2D eigenvalue weighted by Crippen LogP contribution is -3.27. The Bertz CT molecular complexity index is 943. The van der Waals surface area contributed by atoms with Crippen LogP contribution in [0.1, 0.15) is 12.5 Å². The number of para-hydroxylation sites is 1. The van der Waals surface area contributed by atoms with Crippen molar-refractivity contribution in [1.29, 1.82) is 0 Å². The van der Waals surface area contributed by atoms with Crippen LogP contribution in [0.4, 0.5) is 0 Å². The Kier molecular flexibility index (Phi) is 6.21. The lowest BCUT2D eigenvalue weighted by molar-refractivity contribution is -1.03. The molecule has 0 bridgehead atoms. The summed E-state index contributed by atoms with van der Waals surface area (Å²) in [6.07, 6.45) is 0. The summed E-state index contributed by atoms with van der Waals surface area (Å²) in [5.74, 6) is 1.29. The molecule has 0 spiro atoms. The normalized spacial score (nSPS) is 19.6. The second-order valence-corrected chi connectivity index (χ2v) is 8.20. The van der Waals surface area contributed by atoms with Gasteiger partial charge in [-0.15, -0.1) is 5.10 Å². The standard InChI is InChI=1S/C20H24N4O2S2/c1-2-25-18-6-4-3-5-17(18)19-21-24(20(27)26-19)15-23-10-8-22(9-11-23)13-16-7-12-28-14-16/h3-7,12,14H,2,8-11,13,15H2,1H3/p+2. The van der Waals surface area contributed by atoms with Gasteiger partial charge in [0, 0.05) is 5.56 Å². The summed E-state index contributed by atoms with van der Waals surface area (Å²) in [7, 11) is 0. The minimum Gasteiger partial charge on any atom is -0.493 e. The van der Waals surface area contributed by atoms with E-state index in [1.54, 1.807) is 16.2 Å². The number of nitrogens with zero attached hydrogens (tertiary/aromatic N) is 2. The van der Waals surface area contributed by atoms with Gasteiger partial charge in [-0.3, -0.25) is 0 Å². The van der Waals surface area contributed by atoms with Gasteiger partial charge in [0.15, 0.2) is 6.67 Å². The number of aromatic nitrogens is 2. The van der Waals surface area contributed by atoms with Crippen LogP contribution < -0.4 is 14.5 Å². The first-order valence-corrected chi connectivity index (χ1v) is 11.1. The average molecular weight is 419 g/mol. The monoisotopic (exact) mass is 418 g/mol. The molecule has 4 rings (SSSR count). The molecule has 28 heavy (non-hydrogen) atoms. The summed E-state index contributed by atoms with van der Waals surface area (Å²) in [6, 6.07) is 10.0. The van der Waals surface area contributed by atoms with E-state index < -0.39 is 0 Å². The van der Waals surface area contributed by atoms with Crippen LogP contribution in [0.3, 0.4) is 0 Å². The Hall–Kier alpha value is -2.00. The minimum absolute atomic E-state index is 0.418. The molecule has 0 atom stereocenters. The van der Waals surface area contributed by atoms with E-state index in [4.69, 9.17) is 21.4 Å². The third-order valence-corrected chi connectivity index (χ3v) is 6.12. The van der Waals surface area contributed by atoms with Gasteiger partial charge < -0.3 is 19.0 Å². The van der Waals surface area contributed by atoms with Gasteiger partial charge in [0.1, 0.15) is 38.5 Å². The molecular formula is C20H26N4O2S2+2. The van der Waals surface area contributed by atoms with E-state index in [1.165, 1.54) is 10.5 Å². The van der Waals surface area contributed by atoms with Crippen LogP contribution >= 0.6 is 23.6 Å². The molecule has 3 aromatic rings. The molecule has 1 fully saturated rings. The van der Waals surface area contributed by atoms with Gasteiger partial charge in [-0.25, -0.2) is 0 Å². The Morgan fingerprint density at radius 2 is 1.96 bits per heavy atom. The molecule has 0 aliphatic carbocycles. The zero-order valence-electron chi connectivity index (χ0n) is 16.0. The fraction of sp³-hybridized carbons (Fsp3) is 0.400. The van der Waals surface area contributed by atoms with Crippen LogP contribution in [0.15, 0.2) is 45.5 Å². The highest BCUT2D eigenvalue weighted by molar-refractivity contribution is 7.71. The third-order valence-electron chi connectivity index (χ3n) is 5.10. The lowest BCUT2D eigenvalue weighted by atomic mass is 10.2. The maximum Gasteiger partial charge on any atom is 0.292 e. The molecule has 1 aromatic carbocycles. The predicted octanol–water partition coefficient (Wildman–Crippen LogP) is 1.27. The third kappa shape index (κ3) is 4.52. The van der Waals surface area contributed by atoms with E-state index in [-0.39, 0.29) is 0 Å². The van der Waals surface area contributed by atoms with Gasteiger partial charge in [0.25, 0.3) is 10.7 Å². The van der Waals surface area contributed by atoms with E-state index in [9.17, 15) is 0 Å². The Labute approximate surface area is 174 Å². The van der Waals surface area contributed by atoms with Crippen LogP contribution in [0.2, 0.25) is 0 Å². The molecule has 1 aliphatic rings. The molecule has 2 aromatic heterocycles. The molecule has 0 saturated carbocycles. The van der Waals surface area contributed by atoms with Gasteiger partial charge >= 0.3 is 0 Å². The van der Waals surface area contributed by atoms with Crippen molar-refractivity contribution in [2.75, 3.05) is 32.8 Å². The van der Waals surface area contributed by atoms with Gasteiger partial charge in [-0.05, 0) is 48.1 Å². The summed E-state index contributed by atoms with van der Waals surface area (Å²) >= 11 is 7.20.